The molecule has 1 aromatic carbocycles. The van der Waals surface area contributed by atoms with Crippen molar-refractivity contribution >= 4 is 0 Å². The number of unbranched alkanes of at least 4 members (excludes halogenated alkanes) is 7. The zero-order valence-corrected chi connectivity index (χ0v) is 19.4. The lowest BCUT2D eigenvalue weighted by Gasteiger charge is -2.10. The summed E-state index contributed by atoms with van der Waals surface area (Å²) in [5, 5.41) is 0. The first-order valence-corrected chi connectivity index (χ1v) is 12.0. The monoisotopic (exact) mass is 411 g/mol. The molecule has 0 aliphatic rings. The maximum Gasteiger partial charge on any atom is 0.137 e. The van der Waals surface area contributed by atoms with Crippen LogP contribution in [0.2, 0.25) is 0 Å². The Kier molecular flexibility index (Phi) is 12.0. The molecule has 1 aromatic heterocycles. The second-order valence-electron chi connectivity index (χ2n) is 8.38. The number of benzene rings is 1. The highest BCUT2D eigenvalue weighted by Gasteiger charge is 2.03. The molecule has 0 fully saturated rings. The van der Waals surface area contributed by atoms with Crippen LogP contribution in [0.4, 0.5) is 0 Å². The lowest BCUT2D eigenvalue weighted by atomic mass is 10.1. The first kappa shape index (κ1) is 24.2. The Morgan fingerprint density at radius 2 is 1.37 bits per heavy atom. The van der Waals surface area contributed by atoms with Crippen molar-refractivity contribution in [3.63, 3.8) is 0 Å². The predicted octanol–water partition coefficient (Wildman–Crippen LogP) is 8.08. The van der Waals surface area contributed by atoms with E-state index in [9.17, 15) is 0 Å². The van der Waals surface area contributed by atoms with Crippen LogP contribution in [0.1, 0.15) is 85.0 Å². The van der Waals surface area contributed by atoms with Crippen molar-refractivity contribution in [1.82, 2.24) is 4.98 Å². The number of hydrogen-bond donors (Lipinski definition) is 0. The van der Waals surface area contributed by atoms with Crippen LogP contribution >= 0.6 is 0 Å². The molecule has 0 N–H and O–H groups in total. The minimum Gasteiger partial charge on any atom is -0.494 e. The Balaban J connectivity index is 1.66. The number of hydrogen-bond acceptors (Lipinski definition) is 3. The quantitative estimate of drug-likeness (QED) is 0.262. The summed E-state index contributed by atoms with van der Waals surface area (Å²) >= 11 is 0. The van der Waals surface area contributed by atoms with Crippen LogP contribution in [-0.2, 0) is 0 Å². The summed E-state index contributed by atoms with van der Waals surface area (Å²) in [7, 11) is 0. The molecule has 2 aromatic rings. The molecule has 30 heavy (non-hydrogen) atoms. The maximum atomic E-state index is 5.85. The van der Waals surface area contributed by atoms with E-state index in [1.165, 1.54) is 51.4 Å². The molecule has 1 unspecified atom stereocenters. The second-order valence-corrected chi connectivity index (χ2v) is 8.38. The van der Waals surface area contributed by atoms with Crippen molar-refractivity contribution in [1.29, 1.82) is 0 Å². The van der Waals surface area contributed by atoms with Gasteiger partial charge in [-0.25, -0.2) is 0 Å². The highest BCUT2D eigenvalue weighted by Crippen LogP contribution is 2.23. The van der Waals surface area contributed by atoms with Gasteiger partial charge in [-0.1, -0.05) is 72.1 Å². The number of nitrogens with zero attached hydrogens (tertiary/aromatic N) is 1. The van der Waals surface area contributed by atoms with Gasteiger partial charge in [-0.15, -0.1) is 0 Å². The van der Waals surface area contributed by atoms with Crippen LogP contribution in [0.25, 0.3) is 11.3 Å². The molecule has 2 rings (SSSR count). The van der Waals surface area contributed by atoms with Crippen molar-refractivity contribution < 1.29 is 9.47 Å². The van der Waals surface area contributed by atoms with Crippen LogP contribution < -0.4 is 9.47 Å². The molecule has 3 nitrogen and oxygen atoms in total. The summed E-state index contributed by atoms with van der Waals surface area (Å²) in [4.78, 5) is 4.57. The van der Waals surface area contributed by atoms with E-state index in [4.69, 9.17) is 9.47 Å². The number of ether oxygens (including phenoxy) is 2. The third-order valence-corrected chi connectivity index (χ3v) is 5.73. The molecule has 3 heteroatoms. The molecule has 0 aliphatic carbocycles. The summed E-state index contributed by atoms with van der Waals surface area (Å²) in [6, 6.07) is 12.2. The lowest BCUT2D eigenvalue weighted by Crippen LogP contribution is -2.03. The SMILES string of the molecule is CCCCCCCCCCOc1ccc(-c2ccc(OCCC(C)CC)cc2)nc1. The van der Waals surface area contributed by atoms with Gasteiger partial charge < -0.3 is 9.47 Å². The van der Waals surface area contributed by atoms with Crippen LogP contribution in [0.15, 0.2) is 42.6 Å². The maximum absolute atomic E-state index is 5.85. The van der Waals surface area contributed by atoms with E-state index in [0.29, 0.717) is 5.92 Å². The first-order valence-electron chi connectivity index (χ1n) is 12.0. The van der Waals surface area contributed by atoms with Gasteiger partial charge in [-0.3, -0.25) is 4.98 Å². The Bertz CT molecular complexity index is 666. The third kappa shape index (κ3) is 9.65. The second kappa shape index (κ2) is 14.9. The zero-order chi connectivity index (χ0) is 21.4. The Morgan fingerprint density at radius 1 is 0.733 bits per heavy atom. The average Bonchev–Trinajstić information content (AvgIpc) is 2.79. The van der Waals surface area contributed by atoms with Crippen molar-refractivity contribution in [2.24, 2.45) is 5.92 Å². The highest BCUT2D eigenvalue weighted by atomic mass is 16.5. The zero-order valence-electron chi connectivity index (χ0n) is 19.4. The highest BCUT2D eigenvalue weighted by molar-refractivity contribution is 5.60. The van der Waals surface area contributed by atoms with Crippen LogP contribution in [-0.4, -0.2) is 18.2 Å². The fourth-order valence-corrected chi connectivity index (χ4v) is 3.37. The molecule has 0 aliphatic heterocycles. The van der Waals surface area contributed by atoms with E-state index < -0.39 is 0 Å². The minimum absolute atomic E-state index is 0.713. The number of aromatic nitrogens is 1. The van der Waals surface area contributed by atoms with Gasteiger partial charge in [0.2, 0.25) is 0 Å². The lowest BCUT2D eigenvalue weighted by molar-refractivity contribution is 0.282. The summed E-state index contributed by atoms with van der Waals surface area (Å²) in [5.41, 5.74) is 2.06. The van der Waals surface area contributed by atoms with Gasteiger partial charge in [-0.05, 0) is 55.2 Å². The molecule has 0 amide bonds. The summed E-state index contributed by atoms with van der Waals surface area (Å²) in [6.07, 6.45) is 14.6. The fourth-order valence-electron chi connectivity index (χ4n) is 3.37. The third-order valence-electron chi connectivity index (χ3n) is 5.73. The van der Waals surface area contributed by atoms with Gasteiger partial charge in [0.25, 0.3) is 0 Å². The van der Waals surface area contributed by atoms with Crippen molar-refractivity contribution in [2.45, 2.75) is 85.0 Å². The van der Waals surface area contributed by atoms with E-state index >= 15 is 0 Å². The Labute approximate surface area is 184 Å². The van der Waals surface area contributed by atoms with Crippen LogP contribution in [0.3, 0.4) is 0 Å². The molecule has 0 saturated heterocycles. The van der Waals surface area contributed by atoms with Crippen LogP contribution in [0.5, 0.6) is 11.5 Å². The minimum atomic E-state index is 0.713. The van der Waals surface area contributed by atoms with E-state index in [0.717, 1.165) is 48.8 Å². The molecule has 0 spiro atoms. The van der Waals surface area contributed by atoms with Gasteiger partial charge in [0.1, 0.15) is 11.5 Å². The molecule has 0 saturated carbocycles. The summed E-state index contributed by atoms with van der Waals surface area (Å²) in [5.74, 6) is 2.49. The van der Waals surface area contributed by atoms with Gasteiger partial charge in [-0.2, -0.15) is 0 Å². The van der Waals surface area contributed by atoms with Gasteiger partial charge >= 0.3 is 0 Å². The molecular weight excluding hydrogens is 370 g/mol. The molecule has 1 heterocycles. The fraction of sp³-hybridized carbons (Fsp3) is 0.593. The van der Waals surface area contributed by atoms with Gasteiger partial charge in [0.15, 0.2) is 0 Å². The normalized spacial score (nSPS) is 12.0. The molecule has 166 valence electrons. The van der Waals surface area contributed by atoms with Crippen molar-refractivity contribution in [3.8, 4) is 22.8 Å². The predicted molar refractivity (Wildman–Crippen MR) is 127 cm³/mol. The van der Waals surface area contributed by atoms with Gasteiger partial charge in [0, 0.05) is 5.56 Å². The smallest absolute Gasteiger partial charge is 0.137 e. The standard InChI is InChI=1S/C27H41NO2/c1-4-6-7-8-9-10-11-12-20-29-26-17-18-27(28-22-26)24-13-15-25(16-14-24)30-21-19-23(3)5-2/h13-18,22-23H,4-12,19-21H2,1-3H3. The largest absolute Gasteiger partial charge is 0.494 e. The van der Waals surface area contributed by atoms with E-state index in [1.807, 2.05) is 30.5 Å². The van der Waals surface area contributed by atoms with E-state index in [2.05, 4.69) is 37.9 Å². The molecule has 1 atom stereocenters. The van der Waals surface area contributed by atoms with E-state index in [1.54, 1.807) is 0 Å². The molecule has 0 radical (unpaired) electrons. The number of pyridine rings is 1. The summed E-state index contributed by atoms with van der Waals surface area (Å²) in [6.45, 7) is 8.30. The van der Waals surface area contributed by atoms with E-state index in [-0.39, 0.29) is 0 Å². The Hall–Kier alpha value is -2.03. The summed E-state index contributed by atoms with van der Waals surface area (Å²) < 4.78 is 11.7. The molecule has 0 bridgehead atoms. The molecular formula is C27H41NO2. The first-order chi connectivity index (χ1) is 14.7. The topological polar surface area (TPSA) is 31.4 Å². The number of rotatable bonds is 16. The van der Waals surface area contributed by atoms with Crippen molar-refractivity contribution in [2.75, 3.05) is 13.2 Å². The average molecular weight is 412 g/mol. The van der Waals surface area contributed by atoms with Crippen LogP contribution in [0, 0.1) is 5.92 Å². The van der Waals surface area contributed by atoms with Crippen molar-refractivity contribution in [3.05, 3.63) is 42.6 Å². The van der Waals surface area contributed by atoms with Gasteiger partial charge in [0.05, 0.1) is 25.1 Å². The Morgan fingerprint density at radius 3 is 2.00 bits per heavy atom.